The van der Waals surface area contributed by atoms with Gasteiger partial charge in [0.25, 0.3) is 5.91 Å². The lowest BCUT2D eigenvalue weighted by Crippen LogP contribution is -2.28. The van der Waals surface area contributed by atoms with Crippen LogP contribution in [0.4, 0.5) is 11.4 Å². The number of allylic oxidation sites excluding steroid dienone is 2. The topological polar surface area (TPSA) is 45.1 Å². The molecule has 0 atom stereocenters. The Morgan fingerprint density at radius 2 is 1.70 bits per heavy atom. The van der Waals surface area contributed by atoms with E-state index in [4.69, 9.17) is 21.3 Å². The number of carbonyl (C=O) groups is 1. The van der Waals surface area contributed by atoms with Gasteiger partial charge in [-0.25, -0.2) is 4.99 Å². The van der Waals surface area contributed by atoms with Crippen LogP contribution in [0.3, 0.4) is 0 Å². The quantitative estimate of drug-likeness (QED) is 0.294. The Bertz CT molecular complexity index is 1420. The molecule has 0 bridgehead atoms. The molecule has 1 amide bonds. The second kappa shape index (κ2) is 11.1. The summed E-state index contributed by atoms with van der Waals surface area (Å²) in [7, 11) is 1.68. The van der Waals surface area contributed by atoms with Gasteiger partial charge in [-0.1, -0.05) is 53.7 Å². The van der Waals surface area contributed by atoms with Crippen molar-refractivity contribution in [1.29, 1.82) is 0 Å². The van der Waals surface area contributed by atoms with Crippen LogP contribution < -0.4 is 9.64 Å². The zero-order valence-electron chi connectivity index (χ0n) is 20.8. The number of fused-ring (bicyclic) bond motifs is 1. The second-order valence-electron chi connectivity index (χ2n) is 8.29. The molecule has 2 heterocycles. The minimum Gasteiger partial charge on any atom is -0.497 e. The van der Waals surface area contributed by atoms with Crippen molar-refractivity contribution in [2.75, 3.05) is 25.1 Å². The first kappa shape index (κ1) is 25.5. The van der Waals surface area contributed by atoms with Crippen LogP contribution in [0.15, 0.2) is 98.7 Å². The van der Waals surface area contributed by atoms with Gasteiger partial charge in [-0.05, 0) is 79.7 Å². The van der Waals surface area contributed by atoms with E-state index in [-0.39, 0.29) is 5.91 Å². The van der Waals surface area contributed by atoms with Crippen LogP contribution in [0.2, 0.25) is 5.02 Å². The van der Waals surface area contributed by atoms with E-state index < -0.39 is 0 Å². The standard InChI is InChI=1S/C29H26ClN3O2S2/c1-4-32-24-16-15-22(35-3)17-25(24)36-26(32)18-23(19-9-7-6-8-10-19)27-28(34)33(5-2)29(37-27)31-21-13-11-20(30)12-14-21/h6-18H,4-5H2,1-3H3/b26-18+,27-23+,31-29?. The molecule has 5 nitrogen and oxygen atoms in total. The van der Waals surface area contributed by atoms with Crippen molar-refractivity contribution in [3.8, 4) is 5.75 Å². The maximum absolute atomic E-state index is 13.7. The van der Waals surface area contributed by atoms with Gasteiger partial charge in [0, 0.05) is 28.6 Å². The summed E-state index contributed by atoms with van der Waals surface area (Å²) in [4.78, 5) is 24.3. The van der Waals surface area contributed by atoms with E-state index in [1.165, 1.54) is 11.8 Å². The summed E-state index contributed by atoms with van der Waals surface area (Å²) in [6, 6.07) is 23.5. The van der Waals surface area contributed by atoms with Crippen molar-refractivity contribution in [3.63, 3.8) is 0 Å². The SMILES string of the molecule is CCN1C(=O)/C(=C(/C=C2/Sc3cc(OC)ccc3N2CC)c2ccccc2)SC1=Nc1ccc(Cl)cc1. The summed E-state index contributed by atoms with van der Waals surface area (Å²) in [5.74, 6) is 0.787. The lowest BCUT2D eigenvalue weighted by Gasteiger charge is -2.19. The molecule has 1 saturated heterocycles. The lowest BCUT2D eigenvalue weighted by atomic mass is 10.0. The fraction of sp³-hybridized carbons (Fsp3) is 0.172. The Morgan fingerprint density at radius 1 is 0.973 bits per heavy atom. The lowest BCUT2D eigenvalue weighted by molar-refractivity contribution is -0.122. The van der Waals surface area contributed by atoms with E-state index in [1.54, 1.807) is 35.9 Å². The van der Waals surface area contributed by atoms with Crippen LogP contribution in [-0.2, 0) is 4.79 Å². The molecule has 1 fully saturated rings. The number of methoxy groups -OCH3 is 1. The van der Waals surface area contributed by atoms with E-state index in [0.29, 0.717) is 21.6 Å². The molecule has 8 heteroatoms. The Balaban J connectivity index is 1.61. The number of amides is 1. The number of thioether (sulfide) groups is 2. The Kier molecular flexibility index (Phi) is 7.65. The molecule has 188 valence electrons. The molecule has 0 unspecified atom stereocenters. The first-order valence-electron chi connectivity index (χ1n) is 12.0. The van der Waals surface area contributed by atoms with Crippen molar-refractivity contribution < 1.29 is 9.53 Å². The van der Waals surface area contributed by atoms with Gasteiger partial charge in [0.05, 0.1) is 28.4 Å². The van der Waals surface area contributed by atoms with Crippen LogP contribution >= 0.6 is 35.1 Å². The first-order valence-corrected chi connectivity index (χ1v) is 14.0. The summed E-state index contributed by atoms with van der Waals surface area (Å²) < 4.78 is 5.45. The third kappa shape index (κ3) is 5.17. The molecule has 0 N–H and O–H groups in total. The van der Waals surface area contributed by atoms with E-state index >= 15 is 0 Å². The summed E-state index contributed by atoms with van der Waals surface area (Å²) in [6.45, 7) is 5.44. The molecular formula is C29H26ClN3O2S2. The van der Waals surface area contributed by atoms with Gasteiger partial charge >= 0.3 is 0 Å². The number of carbonyl (C=O) groups excluding carboxylic acids is 1. The fourth-order valence-electron chi connectivity index (χ4n) is 4.23. The first-order chi connectivity index (χ1) is 18.0. The number of hydrogen-bond acceptors (Lipinski definition) is 6. The molecule has 37 heavy (non-hydrogen) atoms. The van der Waals surface area contributed by atoms with Crippen molar-refractivity contribution >= 4 is 63.1 Å². The normalized spacial score (nSPS) is 18.6. The van der Waals surface area contributed by atoms with Gasteiger partial charge in [-0.3, -0.25) is 9.69 Å². The van der Waals surface area contributed by atoms with Gasteiger partial charge < -0.3 is 9.64 Å². The minimum atomic E-state index is -0.0406. The smallest absolute Gasteiger partial charge is 0.267 e. The predicted octanol–water partition coefficient (Wildman–Crippen LogP) is 7.82. The van der Waals surface area contributed by atoms with Gasteiger partial charge in [-0.2, -0.15) is 0 Å². The van der Waals surface area contributed by atoms with Crippen LogP contribution in [-0.4, -0.2) is 36.2 Å². The van der Waals surface area contributed by atoms with Crippen LogP contribution in [0.5, 0.6) is 5.75 Å². The zero-order chi connectivity index (χ0) is 25.9. The largest absolute Gasteiger partial charge is 0.497 e. The number of anilines is 1. The summed E-state index contributed by atoms with van der Waals surface area (Å²) >= 11 is 9.16. The molecule has 2 aliphatic rings. The van der Waals surface area contributed by atoms with Crippen molar-refractivity contribution in [2.45, 2.75) is 18.7 Å². The number of hydrogen-bond donors (Lipinski definition) is 0. The second-order valence-corrected chi connectivity index (χ2v) is 10.8. The Labute approximate surface area is 230 Å². The van der Waals surface area contributed by atoms with Gasteiger partial charge in [0.2, 0.25) is 0 Å². The van der Waals surface area contributed by atoms with Gasteiger partial charge in [0.1, 0.15) is 5.75 Å². The summed E-state index contributed by atoms with van der Waals surface area (Å²) in [5, 5.41) is 2.38. The fourth-order valence-corrected chi connectivity index (χ4v) is 6.69. The highest BCUT2D eigenvalue weighted by molar-refractivity contribution is 8.18. The zero-order valence-corrected chi connectivity index (χ0v) is 23.2. The third-order valence-corrected chi connectivity index (χ3v) is 8.52. The van der Waals surface area contributed by atoms with Crippen LogP contribution in [0.1, 0.15) is 19.4 Å². The highest BCUT2D eigenvalue weighted by Gasteiger charge is 2.35. The number of aliphatic imine (C=N–C) groups is 1. The maximum atomic E-state index is 13.7. The monoisotopic (exact) mass is 547 g/mol. The van der Waals surface area contributed by atoms with E-state index in [9.17, 15) is 4.79 Å². The minimum absolute atomic E-state index is 0.0406. The van der Waals surface area contributed by atoms with Crippen molar-refractivity contribution in [1.82, 2.24) is 4.90 Å². The predicted molar refractivity (Wildman–Crippen MR) is 157 cm³/mol. The molecule has 3 aromatic carbocycles. The molecule has 0 aromatic heterocycles. The Hall–Kier alpha value is -3.13. The van der Waals surface area contributed by atoms with Gasteiger partial charge in [-0.15, -0.1) is 0 Å². The average Bonchev–Trinajstić information content (AvgIpc) is 3.43. The highest BCUT2D eigenvalue weighted by atomic mass is 35.5. The van der Waals surface area contributed by atoms with Crippen molar-refractivity contribution in [2.24, 2.45) is 4.99 Å². The molecule has 3 aromatic rings. The molecule has 5 rings (SSSR count). The van der Waals surface area contributed by atoms with E-state index in [2.05, 4.69) is 30.0 Å². The number of nitrogens with zero attached hydrogens (tertiary/aromatic N) is 3. The van der Waals surface area contributed by atoms with Crippen LogP contribution in [0.25, 0.3) is 5.57 Å². The summed E-state index contributed by atoms with van der Waals surface area (Å²) in [6.07, 6.45) is 2.13. The Morgan fingerprint density at radius 3 is 2.38 bits per heavy atom. The van der Waals surface area contributed by atoms with Gasteiger partial charge in [0.15, 0.2) is 5.17 Å². The van der Waals surface area contributed by atoms with Crippen molar-refractivity contribution in [3.05, 3.63) is 99.4 Å². The number of ether oxygens (including phenoxy) is 1. The average molecular weight is 548 g/mol. The molecule has 0 spiro atoms. The number of benzene rings is 3. The number of rotatable bonds is 6. The molecule has 0 radical (unpaired) electrons. The number of amidine groups is 1. The molecule has 0 saturated carbocycles. The number of halogens is 1. The molecule has 2 aliphatic heterocycles. The van der Waals surface area contributed by atoms with E-state index in [0.717, 1.165) is 44.7 Å². The van der Waals surface area contributed by atoms with Crippen LogP contribution in [0, 0.1) is 0 Å². The molecule has 0 aliphatic carbocycles. The summed E-state index contributed by atoms with van der Waals surface area (Å²) in [5.41, 5.74) is 3.77. The van der Waals surface area contributed by atoms with E-state index in [1.807, 2.05) is 55.5 Å². The third-order valence-electron chi connectivity index (χ3n) is 6.08. The number of likely N-dealkylation sites (N-methyl/N-ethyl adjacent to an activating group) is 1. The maximum Gasteiger partial charge on any atom is 0.267 e. The molecular weight excluding hydrogens is 522 g/mol. The highest BCUT2D eigenvalue weighted by Crippen LogP contribution is 2.49.